The highest BCUT2D eigenvalue weighted by Crippen LogP contribution is 2.26. The number of carbonyl (C=O) groups excluding carboxylic acids is 2. The van der Waals surface area contributed by atoms with Gasteiger partial charge in [0.1, 0.15) is 12.4 Å². The van der Waals surface area contributed by atoms with Gasteiger partial charge in [-0.15, -0.1) is 0 Å². The summed E-state index contributed by atoms with van der Waals surface area (Å²) in [7, 11) is 0. The first kappa shape index (κ1) is 14.3. The molecule has 108 valence electrons. The fraction of sp³-hybridized carbons (Fsp3) is 0.429. The summed E-state index contributed by atoms with van der Waals surface area (Å²) in [5.74, 6) is 0.0608. The van der Waals surface area contributed by atoms with Crippen LogP contribution in [-0.2, 0) is 11.3 Å². The molecular weight excluding hydrogens is 260 g/mol. The van der Waals surface area contributed by atoms with Crippen LogP contribution in [0.1, 0.15) is 36.2 Å². The molecule has 0 spiro atoms. The second kappa shape index (κ2) is 5.92. The Morgan fingerprint density at radius 1 is 1.50 bits per heavy atom. The predicted molar refractivity (Wildman–Crippen MR) is 71.5 cm³/mol. The van der Waals surface area contributed by atoms with E-state index < -0.39 is 5.91 Å². The molecule has 0 saturated carbocycles. The Hall–Kier alpha value is -2.08. The normalized spacial score (nSPS) is 17.8. The van der Waals surface area contributed by atoms with E-state index in [0.29, 0.717) is 30.9 Å². The SMILES string of the molecule is CCC(=O)N1Cc2ccc(C(=O)NO)cc2OCC1C. The van der Waals surface area contributed by atoms with E-state index in [1.165, 1.54) is 0 Å². The average molecular weight is 278 g/mol. The number of nitrogens with zero attached hydrogens (tertiary/aromatic N) is 1. The van der Waals surface area contributed by atoms with Gasteiger partial charge in [0, 0.05) is 24.1 Å². The minimum absolute atomic E-state index is 0.0232. The zero-order valence-electron chi connectivity index (χ0n) is 11.5. The monoisotopic (exact) mass is 278 g/mol. The van der Waals surface area contributed by atoms with Gasteiger partial charge in [0.25, 0.3) is 5.91 Å². The highest BCUT2D eigenvalue weighted by molar-refractivity contribution is 5.93. The van der Waals surface area contributed by atoms with Gasteiger partial charge in [-0.25, -0.2) is 5.48 Å². The molecule has 0 bridgehead atoms. The van der Waals surface area contributed by atoms with Gasteiger partial charge in [-0.3, -0.25) is 14.8 Å². The summed E-state index contributed by atoms with van der Waals surface area (Å²) in [6.45, 7) is 4.60. The summed E-state index contributed by atoms with van der Waals surface area (Å²) in [6, 6.07) is 4.89. The zero-order valence-corrected chi connectivity index (χ0v) is 11.5. The minimum Gasteiger partial charge on any atom is -0.491 e. The van der Waals surface area contributed by atoms with Crippen LogP contribution in [0.3, 0.4) is 0 Å². The van der Waals surface area contributed by atoms with E-state index >= 15 is 0 Å². The third kappa shape index (κ3) is 2.75. The Kier molecular flexibility index (Phi) is 4.24. The first-order chi connectivity index (χ1) is 9.56. The molecule has 2 rings (SSSR count). The van der Waals surface area contributed by atoms with Crippen molar-refractivity contribution < 1.29 is 19.5 Å². The van der Waals surface area contributed by atoms with Gasteiger partial charge in [-0.2, -0.15) is 0 Å². The zero-order chi connectivity index (χ0) is 14.7. The lowest BCUT2D eigenvalue weighted by Gasteiger charge is -2.25. The Morgan fingerprint density at radius 2 is 2.25 bits per heavy atom. The van der Waals surface area contributed by atoms with Crippen LogP contribution < -0.4 is 10.2 Å². The average Bonchev–Trinajstić information content (AvgIpc) is 2.64. The first-order valence-electron chi connectivity index (χ1n) is 6.56. The van der Waals surface area contributed by atoms with Crippen molar-refractivity contribution in [2.75, 3.05) is 6.61 Å². The van der Waals surface area contributed by atoms with Crippen molar-refractivity contribution in [2.45, 2.75) is 32.9 Å². The standard InChI is InChI=1S/C14H18N2O4/c1-3-13(17)16-7-11-5-4-10(14(18)15-19)6-12(11)20-8-9(16)2/h4-6,9,19H,3,7-8H2,1-2H3,(H,15,18). The van der Waals surface area contributed by atoms with Gasteiger partial charge in [0.15, 0.2) is 0 Å². The third-order valence-electron chi connectivity index (χ3n) is 3.41. The van der Waals surface area contributed by atoms with Crippen molar-refractivity contribution in [3.8, 4) is 5.75 Å². The topological polar surface area (TPSA) is 78.9 Å². The van der Waals surface area contributed by atoms with Crippen LogP contribution >= 0.6 is 0 Å². The lowest BCUT2D eigenvalue weighted by Crippen LogP contribution is -2.39. The number of nitrogens with one attached hydrogen (secondary N) is 1. The lowest BCUT2D eigenvalue weighted by molar-refractivity contribution is -0.133. The number of hydrogen-bond acceptors (Lipinski definition) is 4. The molecule has 6 heteroatoms. The van der Waals surface area contributed by atoms with Crippen LogP contribution in [-0.4, -0.2) is 34.6 Å². The van der Waals surface area contributed by atoms with E-state index in [9.17, 15) is 9.59 Å². The van der Waals surface area contributed by atoms with E-state index in [-0.39, 0.29) is 11.9 Å². The summed E-state index contributed by atoms with van der Waals surface area (Å²) < 4.78 is 5.67. The maximum Gasteiger partial charge on any atom is 0.274 e. The molecule has 2 N–H and O–H groups in total. The number of hydroxylamine groups is 1. The fourth-order valence-electron chi connectivity index (χ4n) is 2.20. The highest BCUT2D eigenvalue weighted by atomic mass is 16.5. The molecular formula is C14H18N2O4. The summed E-state index contributed by atoms with van der Waals surface area (Å²) in [6.07, 6.45) is 0.449. The van der Waals surface area contributed by atoms with E-state index in [0.717, 1.165) is 5.56 Å². The highest BCUT2D eigenvalue weighted by Gasteiger charge is 2.25. The maximum absolute atomic E-state index is 11.9. The maximum atomic E-state index is 11.9. The smallest absolute Gasteiger partial charge is 0.274 e. The number of amides is 2. The fourth-order valence-corrected chi connectivity index (χ4v) is 2.20. The number of benzene rings is 1. The molecule has 1 atom stereocenters. The molecule has 0 fully saturated rings. The van der Waals surface area contributed by atoms with Gasteiger partial charge in [-0.1, -0.05) is 13.0 Å². The molecule has 1 unspecified atom stereocenters. The molecule has 0 aromatic heterocycles. The van der Waals surface area contributed by atoms with Crippen LogP contribution in [0.5, 0.6) is 5.75 Å². The van der Waals surface area contributed by atoms with E-state index in [1.54, 1.807) is 28.6 Å². The minimum atomic E-state index is -0.588. The van der Waals surface area contributed by atoms with Crippen molar-refractivity contribution in [1.29, 1.82) is 0 Å². The second-order valence-corrected chi connectivity index (χ2v) is 4.80. The van der Waals surface area contributed by atoms with Crippen LogP contribution in [0.2, 0.25) is 0 Å². The lowest BCUT2D eigenvalue weighted by atomic mass is 10.1. The van der Waals surface area contributed by atoms with Crippen molar-refractivity contribution in [3.05, 3.63) is 29.3 Å². The van der Waals surface area contributed by atoms with Crippen LogP contribution in [0.4, 0.5) is 0 Å². The Bertz CT molecular complexity index is 530. The molecule has 1 aromatic carbocycles. The van der Waals surface area contributed by atoms with Crippen molar-refractivity contribution in [3.63, 3.8) is 0 Å². The van der Waals surface area contributed by atoms with Gasteiger partial charge in [0.05, 0.1) is 6.04 Å². The second-order valence-electron chi connectivity index (χ2n) is 4.80. The summed E-state index contributed by atoms with van der Waals surface area (Å²) >= 11 is 0. The molecule has 1 aliphatic rings. The van der Waals surface area contributed by atoms with Gasteiger partial charge in [-0.05, 0) is 19.1 Å². The largest absolute Gasteiger partial charge is 0.491 e. The quantitative estimate of drug-likeness (QED) is 0.632. The molecule has 20 heavy (non-hydrogen) atoms. The molecule has 0 aliphatic carbocycles. The molecule has 0 saturated heterocycles. The third-order valence-corrected chi connectivity index (χ3v) is 3.41. The Balaban J connectivity index is 2.30. The molecule has 1 aliphatic heterocycles. The molecule has 1 aromatic rings. The van der Waals surface area contributed by atoms with Crippen LogP contribution in [0, 0.1) is 0 Å². The number of fused-ring (bicyclic) bond motifs is 1. The molecule has 2 amide bonds. The number of ether oxygens (including phenoxy) is 1. The van der Waals surface area contributed by atoms with Crippen LogP contribution in [0.25, 0.3) is 0 Å². The summed E-state index contributed by atoms with van der Waals surface area (Å²) in [5, 5.41) is 8.64. The van der Waals surface area contributed by atoms with Crippen molar-refractivity contribution >= 4 is 11.8 Å². The van der Waals surface area contributed by atoms with Gasteiger partial charge >= 0.3 is 0 Å². The Labute approximate surface area is 117 Å². The van der Waals surface area contributed by atoms with E-state index in [4.69, 9.17) is 9.94 Å². The first-order valence-corrected chi connectivity index (χ1v) is 6.56. The summed E-state index contributed by atoms with van der Waals surface area (Å²) in [4.78, 5) is 25.1. The predicted octanol–water partition coefficient (Wildman–Crippen LogP) is 1.33. The molecule has 0 radical (unpaired) electrons. The molecule has 6 nitrogen and oxygen atoms in total. The molecule has 1 heterocycles. The summed E-state index contributed by atoms with van der Waals surface area (Å²) in [5.41, 5.74) is 2.76. The van der Waals surface area contributed by atoms with Crippen LogP contribution in [0.15, 0.2) is 18.2 Å². The van der Waals surface area contributed by atoms with Gasteiger partial charge in [0.2, 0.25) is 5.91 Å². The number of rotatable bonds is 2. The Morgan fingerprint density at radius 3 is 2.90 bits per heavy atom. The number of carbonyl (C=O) groups is 2. The van der Waals surface area contributed by atoms with Crippen molar-refractivity contribution in [1.82, 2.24) is 10.4 Å². The van der Waals surface area contributed by atoms with E-state index in [1.807, 2.05) is 13.8 Å². The van der Waals surface area contributed by atoms with E-state index in [2.05, 4.69) is 0 Å². The van der Waals surface area contributed by atoms with Gasteiger partial charge < -0.3 is 9.64 Å². The number of hydrogen-bond donors (Lipinski definition) is 2. The van der Waals surface area contributed by atoms with Crippen molar-refractivity contribution in [2.24, 2.45) is 0 Å².